The molecule has 0 bridgehead atoms. The average molecular weight is 244 g/mol. The van der Waals surface area contributed by atoms with Crippen molar-refractivity contribution in [2.45, 2.75) is 44.3 Å². The van der Waals surface area contributed by atoms with Crippen LogP contribution in [-0.2, 0) is 4.74 Å². The van der Waals surface area contributed by atoms with E-state index < -0.39 is 0 Å². The molecule has 0 heterocycles. The van der Waals surface area contributed by atoms with Crippen LogP contribution in [0.1, 0.15) is 32.1 Å². The minimum atomic E-state index is -0.292. The summed E-state index contributed by atoms with van der Waals surface area (Å²) in [5.74, 6) is 0. The lowest BCUT2D eigenvalue weighted by Crippen LogP contribution is -2.36. The van der Waals surface area contributed by atoms with Gasteiger partial charge < -0.3 is 20.1 Å². The number of rotatable bonds is 8. The Morgan fingerprint density at radius 3 is 2.65 bits per heavy atom. The molecule has 1 rings (SSSR count). The molecule has 0 aromatic rings. The highest BCUT2D eigenvalue weighted by Gasteiger charge is 2.13. The van der Waals surface area contributed by atoms with Gasteiger partial charge >= 0.3 is 0 Å². The molecule has 0 spiro atoms. The highest BCUT2D eigenvalue weighted by atomic mass is 16.5. The Kier molecular flexibility index (Phi) is 7.77. The molecule has 0 aromatic heterocycles. The van der Waals surface area contributed by atoms with Gasteiger partial charge in [0.05, 0.1) is 18.8 Å². The first-order chi connectivity index (χ1) is 8.18. The molecule has 102 valence electrons. The van der Waals surface area contributed by atoms with Crippen molar-refractivity contribution in [3.63, 3.8) is 0 Å². The van der Waals surface area contributed by atoms with Crippen LogP contribution < -0.4 is 5.32 Å². The molecule has 0 aromatic carbocycles. The van der Waals surface area contributed by atoms with Crippen LogP contribution in [0.5, 0.6) is 0 Å². The van der Waals surface area contributed by atoms with E-state index in [4.69, 9.17) is 4.74 Å². The van der Waals surface area contributed by atoms with Crippen molar-refractivity contribution in [2.24, 2.45) is 0 Å². The molecule has 1 unspecified atom stereocenters. The van der Waals surface area contributed by atoms with Crippen molar-refractivity contribution < 1.29 is 9.84 Å². The fourth-order valence-corrected chi connectivity index (χ4v) is 2.28. The Morgan fingerprint density at radius 2 is 2.00 bits per heavy atom. The average Bonchev–Trinajstić information content (AvgIpc) is 2.29. The monoisotopic (exact) mass is 244 g/mol. The predicted octanol–water partition coefficient (Wildman–Crippen LogP) is 0.848. The van der Waals surface area contributed by atoms with Crippen molar-refractivity contribution in [1.82, 2.24) is 10.2 Å². The number of likely N-dealkylation sites (N-methyl/N-ethyl adjacent to an activating group) is 1. The lowest BCUT2D eigenvalue weighted by Gasteiger charge is -2.22. The van der Waals surface area contributed by atoms with Crippen LogP contribution in [0.3, 0.4) is 0 Å². The molecule has 1 aliphatic carbocycles. The molecular weight excluding hydrogens is 216 g/mol. The summed E-state index contributed by atoms with van der Waals surface area (Å²) in [7, 11) is 3.94. The van der Waals surface area contributed by atoms with E-state index in [9.17, 15) is 5.11 Å². The van der Waals surface area contributed by atoms with E-state index in [0.717, 1.165) is 13.2 Å². The number of hydrogen-bond acceptors (Lipinski definition) is 4. The summed E-state index contributed by atoms with van der Waals surface area (Å²) in [6.07, 6.45) is 6.65. The lowest BCUT2D eigenvalue weighted by molar-refractivity contribution is 0.0289. The first-order valence-electron chi connectivity index (χ1n) is 6.83. The molecule has 0 amide bonds. The van der Waals surface area contributed by atoms with Crippen LogP contribution in [-0.4, -0.2) is 62.6 Å². The second-order valence-corrected chi connectivity index (χ2v) is 5.25. The molecule has 4 heteroatoms. The Balaban J connectivity index is 1.89. The first-order valence-corrected chi connectivity index (χ1v) is 6.83. The van der Waals surface area contributed by atoms with Gasteiger partial charge in [0.1, 0.15) is 0 Å². The molecule has 1 aliphatic rings. The largest absolute Gasteiger partial charge is 0.390 e. The summed E-state index contributed by atoms with van der Waals surface area (Å²) >= 11 is 0. The van der Waals surface area contributed by atoms with Crippen LogP contribution in [0.4, 0.5) is 0 Å². The third-order valence-corrected chi connectivity index (χ3v) is 3.14. The minimum absolute atomic E-state index is 0.292. The second-order valence-electron chi connectivity index (χ2n) is 5.25. The minimum Gasteiger partial charge on any atom is -0.390 e. The zero-order valence-corrected chi connectivity index (χ0v) is 11.3. The molecule has 2 N–H and O–H groups in total. The van der Waals surface area contributed by atoms with Gasteiger partial charge in [-0.25, -0.2) is 0 Å². The summed E-state index contributed by atoms with van der Waals surface area (Å²) in [4.78, 5) is 1.99. The highest BCUT2D eigenvalue weighted by molar-refractivity contribution is 4.66. The molecular formula is C13H28N2O2. The highest BCUT2D eigenvalue weighted by Crippen LogP contribution is 2.19. The Morgan fingerprint density at radius 1 is 1.29 bits per heavy atom. The predicted molar refractivity (Wildman–Crippen MR) is 70.3 cm³/mol. The van der Waals surface area contributed by atoms with Crippen molar-refractivity contribution >= 4 is 0 Å². The third kappa shape index (κ3) is 7.71. The Bertz CT molecular complexity index is 182. The number of nitrogens with zero attached hydrogens (tertiary/aromatic N) is 1. The van der Waals surface area contributed by atoms with Crippen LogP contribution in [0.2, 0.25) is 0 Å². The van der Waals surface area contributed by atoms with E-state index >= 15 is 0 Å². The summed E-state index contributed by atoms with van der Waals surface area (Å²) in [6.45, 7) is 2.95. The van der Waals surface area contributed by atoms with E-state index in [1.807, 2.05) is 19.0 Å². The third-order valence-electron chi connectivity index (χ3n) is 3.14. The number of aliphatic hydroxyl groups excluding tert-OH is 1. The van der Waals surface area contributed by atoms with Gasteiger partial charge in [-0.2, -0.15) is 0 Å². The standard InChI is InChI=1S/C13H28N2O2/c1-15(2)11-12(16)10-14-8-9-17-13-6-4-3-5-7-13/h12-14,16H,3-11H2,1-2H3. The number of hydrogen-bond donors (Lipinski definition) is 2. The Hall–Kier alpha value is -0.160. The van der Waals surface area contributed by atoms with Crippen molar-refractivity contribution in [3.05, 3.63) is 0 Å². The van der Waals surface area contributed by atoms with Gasteiger partial charge in [-0.1, -0.05) is 19.3 Å². The molecule has 1 atom stereocenters. The number of nitrogens with one attached hydrogen (secondary N) is 1. The van der Waals surface area contributed by atoms with Gasteiger partial charge in [-0.05, 0) is 26.9 Å². The van der Waals surface area contributed by atoms with Gasteiger partial charge in [0.2, 0.25) is 0 Å². The molecule has 0 radical (unpaired) electrons. The van der Waals surface area contributed by atoms with Gasteiger partial charge in [0.25, 0.3) is 0 Å². The van der Waals surface area contributed by atoms with Crippen LogP contribution in [0.25, 0.3) is 0 Å². The normalized spacial score (nSPS) is 19.8. The molecule has 0 aliphatic heterocycles. The van der Waals surface area contributed by atoms with E-state index in [0.29, 0.717) is 19.2 Å². The fraction of sp³-hybridized carbons (Fsp3) is 1.00. The zero-order valence-electron chi connectivity index (χ0n) is 11.3. The topological polar surface area (TPSA) is 44.7 Å². The van der Waals surface area contributed by atoms with E-state index in [2.05, 4.69) is 5.32 Å². The van der Waals surface area contributed by atoms with Gasteiger partial charge in [0, 0.05) is 19.6 Å². The zero-order chi connectivity index (χ0) is 12.5. The maximum Gasteiger partial charge on any atom is 0.0791 e. The van der Waals surface area contributed by atoms with Crippen molar-refractivity contribution in [1.29, 1.82) is 0 Å². The quantitative estimate of drug-likeness (QED) is 0.621. The van der Waals surface area contributed by atoms with Crippen LogP contribution in [0, 0.1) is 0 Å². The molecule has 17 heavy (non-hydrogen) atoms. The summed E-state index contributed by atoms with van der Waals surface area (Å²) in [5.41, 5.74) is 0. The molecule has 0 saturated heterocycles. The van der Waals surface area contributed by atoms with Crippen molar-refractivity contribution in [3.8, 4) is 0 Å². The second kappa shape index (κ2) is 8.86. The number of ether oxygens (including phenoxy) is 1. The smallest absolute Gasteiger partial charge is 0.0791 e. The van der Waals surface area contributed by atoms with Gasteiger partial charge in [0.15, 0.2) is 0 Å². The van der Waals surface area contributed by atoms with Gasteiger partial charge in [-0.15, -0.1) is 0 Å². The molecule has 4 nitrogen and oxygen atoms in total. The van der Waals surface area contributed by atoms with E-state index in [1.165, 1.54) is 32.1 Å². The Labute approximate surface area is 105 Å². The van der Waals surface area contributed by atoms with Crippen LogP contribution in [0.15, 0.2) is 0 Å². The molecule has 1 fully saturated rings. The summed E-state index contributed by atoms with van der Waals surface area (Å²) in [5, 5.41) is 12.9. The summed E-state index contributed by atoms with van der Waals surface area (Å²) in [6, 6.07) is 0. The number of aliphatic hydroxyl groups is 1. The van der Waals surface area contributed by atoms with Crippen LogP contribution >= 0.6 is 0 Å². The summed E-state index contributed by atoms with van der Waals surface area (Å²) < 4.78 is 5.79. The lowest BCUT2D eigenvalue weighted by atomic mass is 9.98. The fourth-order valence-electron chi connectivity index (χ4n) is 2.28. The first kappa shape index (κ1) is 14.9. The van der Waals surface area contributed by atoms with Gasteiger partial charge in [-0.3, -0.25) is 0 Å². The van der Waals surface area contributed by atoms with E-state index in [-0.39, 0.29) is 6.10 Å². The molecule has 1 saturated carbocycles. The van der Waals surface area contributed by atoms with Crippen molar-refractivity contribution in [2.75, 3.05) is 40.3 Å². The maximum absolute atomic E-state index is 9.62. The maximum atomic E-state index is 9.62. The van der Waals surface area contributed by atoms with E-state index in [1.54, 1.807) is 0 Å². The SMILES string of the molecule is CN(C)CC(O)CNCCOC1CCCCC1.